The van der Waals surface area contributed by atoms with Crippen molar-refractivity contribution in [2.75, 3.05) is 24.7 Å². The van der Waals surface area contributed by atoms with Gasteiger partial charge in [-0.05, 0) is 18.2 Å². The summed E-state index contributed by atoms with van der Waals surface area (Å²) >= 11 is 1.37. The molecule has 9 heteroatoms. The first-order chi connectivity index (χ1) is 10.8. The van der Waals surface area contributed by atoms with Crippen molar-refractivity contribution in [1.82, 2.24) is 0 Å². The van der Waals surface area contributed by atoms with Crippen molar-refractivity contribution in [2.45, 2.75) is 18.3 Å². The smallest absolute Gasteiger partial charge is 0.405 e. The highest BCUT2D eigenvalue weighted by Gasteiger charge is 2.48. The average Bonchev–Trinajstić information content (AvgIpc) is 2.47. The number of rotatable bonds is 2. The van der Waals surface area contributed by atoms with E-state index in [1.807, 2.05) is 0 Å². The van der Waals surface area contributed by atoms with Gasteiger partial charge in [-0.1, -0.05) is 11.8 Å². The van der Waals surface area contributed by atoms with Gasteiger partial charge < -0.3 is 20.9 Å². The van der Waals surface area contributed by atoms with Crippen LogP contribution in [0, 0.1) is 5.92 Å². The molecule has 3 rings (SSSR count). The first-order valence-electron chi connectivity index (χ1n) is 7.02. The zero-order valence-electron chi connectivity index (χ0n) is 12.1. The number of nitrogens with two attached hydrogens (primary N) is 2. The molecule has 1 aromatic carbocycles. The quantitative estimate of drug-likeness (QED) is 0.803. The molecule has 5 nitrogen and oxygen atoms in total. The van der Waals surface area contributed by atoms with Crippen molar-refractivity contribution in [3.63, 3.8) is 0 Å². The number of ether oxygens (including phenoxy) is 2. The Morgan fingerprint density at radius 3 is 2.87 bits per heavy atom. The van der Waals surface area contributed by atoms with Gasteiger partial charge in [0, 0.05) is 35.9 Å². The Morgan fingerprint density at radius 1 is 1.35 bits per heavy atom. The molecule has 2 aliphatic heterocycles. The first kappa shape index (κ1) is 16.3. The van der Waals surface area contributed by atoms with Crippen molar-refractivity contribution in [2.24, 2.45) is 16.6 Å². The molecule has 2 aliphatic rings. The fourth-order valence-corrected chi connectivity index (χ4v) is 4.03. The molecule has 2 heterocycles. The molecular formula is C14H16F3N3O2S. The Morgan fingerprint density at radius 2 is 2.13 bits per heavy atom. The fraction of sp³-hybridized carbons (Fsp3) is 0.500. The molecule has 0 radical (unpaired) electrons. The van der Waals surface area contributed by atoms with Crippen LogP contribution >= 0.6 is 11.8 Å². The molecule has 23 heavy (non-hydrogen) atoms. The van der Waals surface area contributed by atoms with E-state index in [4.69, 9.17) is 16.2 Å². The van der Waals surface area contributed by atoms with Crippen LogP contribution in [-0.4, -0.2) is 30.5 Å². The third kappa shape index (κ3) is 3.20. The molecule has 0 saturated carbocycles. The van der Waals surface area contributed by atoms with Crippen LogP contribution in [0.15, 0.2) is 23.2 Å². The Labute approximate surface area is 135 Å². The minimum Gasteiger partial charge on any atom is -0.405 e. The standard InChI is InChI=1S/C14H16F3N3O2S/c15-14(16,17)22-11-2-1-9(18)5-10(11)13-3-4-21-6-8(13)7-23-12(19)20-13/h1-2,5,8H,3-4,6-7,18H2,(H2,19,20)/t8-,13-/m0/s1. The molecule has 0 spiro atoms. The SMILES string of the molecule is NC1=N[C@@]2(c3cc(N)ccc3OC(F)(F)F)CCOC[C@H]2CS1. The van der Waals surface area contributed by atoms with Crippen molar-refractivity contribution >= 4 is 22.6 Å². The van der Waals surface area contributed by atoms with Crippen LogP contribution in [0.5, 0.6) is 5.75 Å². The minimum absolute atomic E-state index is 0.0917. The molecule has 1 fully saturated rings. The lowest BCUT2D eigenvalue weighted by Crippen LogP contribution is -2.47. The lowest BCUT2D eigenvalue weighted by Gasteiger charge is -2.44. The van der Waals surface area contributed by atoms with E-state index in [-0.39, 0.29) is 11.7 Å². The van der Waals surface area contributed by atoms with Crippen molar-refractivity contribution < 1.29 is 22.6 Å². The Balaban J connectivity index is 2.14. The minimum atomic E-state index is -4.79. The van der Waals surface area contributed by atoms with E-state index < -0.39 is 11.9 Å². The Bertz CT molecular complexity index is 638. The molecule has 0 unspecified atom stereocenters. The fourth-order valence-electron chi connectivity index (χ4n) is 3.06. The van der Waals surface area contributed by atoms with Crippen LogP contribution in [0.3, 0.4) is 0 Å². The third-order valence-electron chi connectivity index (χ3n) is 4.06. The molecular weight excluding hydrogens is 331 g/mol. The highest BCUT2D eigenvalue weighted by atomic mass is 32.2. The van der Waals surface area contributed by atoms with Crippen LogP contribution < -0.4 is 16.2 Å². The van der Waals surface area contributed by atoms with Gasteiger partial charge in [0.1, 0.15) is 11.3 Å². The highest BCUT2D eigenvalue weighted by molar-refractivity contribution is 8.13. The van der Waals surface area contributed by atoms with Gasteiger partial charge in [0.15, 0.2) is 5.17 Å². The third-order valence-corrected chi connectivity index (χ3v) is 5.02. The maximum absolute atomic E-state index is 12.7. The molecule has 0 aliphatic carbocycles. The average molecular weight is 347 g/mol. The number of nitrogens with zero attached hydrogens (tertiary/aromatic N) is 1. The number of amidine groups is 1. The van der Waals surface area contributed by atoms with E-state index in [0.717, 1.165) is 0 Å². The van der Waals surface area contributed by atoms with Gasteiger partial charge in [0.2, 0.25) is 0 Å². The van der Waals surface area contributed by atoms with Crippen LogP contribution in [0.4, 0.5) is 18.9 Å². The van der Waals surface area contributed by atoms with Crippen LogP contribution in [0.1, 0.15) is 12.0 Å². The maximum Gasteiger partial charge on any atom is 0.573 e. The molecule has 126 valence electrons. The number of anilines is 1. The maximum atomic E-state index is 12.7. The van der Waals surface area contributed by atoms with E-state index in [1.165, 1.54) is 30.0 Å². The summed E-state index contributed by atoms with van der Waals surface area (Å²) in [7, 11) is 0. The van der Waals surface area contributed by atoms with Gasteiger partial charge in [-0.15, -0.1) is 13.2 Å². The summed E-state index contributed by atoms with van der Waals surface area (Å²) in [5, 5.41) is 0.350. The molecule has 2 atom stereocenters. The number of hydrogen-bond acceptors (Lipinski definition) is 6. The van der Waals surface area contributed by atoms with E-state index in [2.05, 4.69) is 9.73 Å². The highest BCUT2D eigenvalue weighted by Crippen LogP contribution is 2.49. The van der Waals surface area contributed by atoms with E-state index in [9.17, 15) is 13.2 Å². The summed E-state index contributed by atoms with van der Waals surface area (Å²) in [6.07, 6.45) is -4.36. The van der Waals surface area contributed by atoms with E-state index >= 15 is 0 Å². The molecule has 1 saturated heterocycles. The van der Waals surface area contributed by atoms with Crippen molar-refractivity contribution in [1.29, 1.82) is 0 Å². The zero-order valence-corrected chi connectivity index (χ0v) is 12.9. The van der Waals surface area contributed by atoms with Crippen LogP contribution in [-0.2, 0) is 10.3 Å². The summed E-state index contributed by atoms with van der Waals surface area (Å²) in [6.45, 7) is 0.794. The molecule has 0 aromatic heterocycles. The lowest BCUT2D eigenvalue weighted by molar-refractivity contribution is -0.275. The number of aliphatic imine (C=N–C) groups is 1. The number of fused-ring (bicyclic) bond motifs is 1. The predicted octanol–water partition coefficient (Wildman–Crippen LogP) is 2.46. The van der Waals surface area contributed by atoms with Gasteiger partial charge in [-0.3, -0.25) is 4.99 Å². The summed E-state index contributed by atoms with van der Waals surface area (Å²) in [5.74, 6) is 0.239. The zero-order chi connectivity index (χ0) is 16.7. The van der Waals surface area contributed by atoms with E-state index in [0.29, 0.717) is 41.8 Å². The lowest BCUT2D eigenvalue weighted by atomic mass is 9.75. The number of thioether (sulfide) groups is 1. The van der Waals surface area contributed by atoms with Crippen LogP contribution in [0.2, 0.25) is 0 Å². The Kier molecular flexibility index (Phi) is 4.09. The second-order valence-electron chi connectivity index (χ2n) is 5.51. The molecule has 0 amide bonds. The summed E-state index contributed by atoms with van der Waals surface area (Å²) in [4.78, 5) is 4.51. The van der Waals surface area contributed by atoms with Gasteiger partial charge in [-0.2, -0.15) is 0 Å². The second kappa shape index (κ2) is 5.79. The van der Waals surface area contributed by atoms with Crippen molar-refractivity contribution in [3.05, 3.63) is 23.8 Å². The molecule has 0 bridgehead atoms. The summed E-state index contributed by atoms with van der Waals surface area (Å²) < 4.78 is 47.9. The Hall–Kier alpha value is -1.61. The number of benzene rings is 1. The molecule has 1 aromatic rings. The first-order valence-corrected chi connectivity index (χ1v) is 8.00. The van der Waals surface area contributed by atoms with Gasteiger partial charge in [0.25, 0.3) is 0 Å². The largest absolute Gasteiger partial charge is 0.573 e. The summed E-state index contributed by atoms with van der Waals surface area (Å²) in [6, 6.07) is 4.10. The monoisotopic (exact) mass is 347 g/mol. The van der Waals surface area contributed by atoms with Gasteiger partial charge in [0.05, 0.1) is 6.61 Å². The van der Waals surface area contributed by atoms with Gasteiger partial charge >= 0.3 is 6.36 Å². The van der Waals surface area contributed by atoms with Crippen LogP contribution in [0.25, 0.3) is 0 Å². The normalized spacial score (nSPS) is 28.0. The van der Waals surface area contributed by atoms with Gasteiger partial charge in [-0.25, -0.2) is 0 Å². The predicted molar refractivity (Wildman–Crippen MR) is 82.2 cm³/mol. The van der Waals surface area contributed by atoms with Crippen molar-refractivity contribution in [3.8, 4) is 5.75 Å². The summed E-state index contributed by atoms with van der Waals surface area (Å²) in [5.41, 5.74) is 11.4. The second-order valence-corrected chi connectivity index (χ2v) is 6.55. The topological polar surface area (TPSA) is 82.9 Å². The number of halogens is 3. The number of nitrogen functional groups attached to an aromatic ring is 1. The number of alkyl halides is 3. The van der Waals surface area contributed by atoms with E-state index in [1.54, 1.807) is 0 Å². The molecule has 4 N–H and O–H groups in total. The number of hydrogen-bond donors (Lipinski definition) is 2.